The van der Waals surface area contributed by atoms with Gasteiger partial charge in [0.1, 0.15) is 5.82 Å². The van der Waals surface area contributed by atoms with Gasteiger partial charge in [0.2, 0.25) is 0 Å². The Morgan fingerprint density at radius 1 is 1.21 bits per heavy atom. The second-order valence-corrected chi connectivity index (χ2v) is 7.49. The molecule has 0 fully saturated rings. The van der Waals surface area contributed by atoms with E-state index >= 15 is 0 Å². The summed E-state index contributed by atoms with van der Waals surface area (Å²) in [6.07, 6.45) is 6.35. The molecule has 0 aliphatic rings. The molecule has 0 saturated heterocycles. The van der Waals surface area contributed by atoms with E-state index in [1.165, 1.54) is 6.42 Å². The highest BCUT2D eigenvalue weighted by Crippen LogP contribution is 2.21. The SMILES string of the molecule is CN=C(NCCCCNc1ccccn1)NC(C)CCC(C)(C)C. The van der Waals surface area contributed by atoms with Crippen molar-refractivity contribution in [3.63, 3.8) is 0 Å². The first-order valence-corrected chi connectivity index (χ1v) is 9.03. The van der Waals surface area contributed by atoms with E-state index in [1.807, 2.05) is 25.2 Å². The van der Waals surface area contributed by atoms with E-state index in [1.54, 1.807) is 6.20 Å². The molecule has 5 nitrogen and oxygen atoms in total. The molecule has 0 saturated carbocycles. The van der Waals surface area contributed by atoms with Gasteiger partial charge in [-0.3, -0.25) is 4.99 Å². The van der Waals surface area contributed by atoms with Crippen LogP contribution >= 0.6 is 0 Å². The number of anilines is 1. The summed E-state index contributed by atoms with van der Waals surface area (Å²) in [7, 11) is 1.83. The van der Waals surface area contributed by atoms with Gasteiger partial charge in [0.15, 0.2) is 5.96 Å². The Morgan fingerprint density at radius 2 is 1.96 bits per heavy atom. The zero-order valence-corrected chi connectivity index (χ0v) is 16.0. The third kappa shape index (κ3) is 10.1. The number of guanidine groups is 1. The van der Waals surface area contributed by atoms with Gasteiger partial charge in [-0.1, -0.05) is 26.8 Å². The van der Waals surface area contributed by atoms with Crippen molar-refractivity contribution < 1.29 is 0 Å². The Labute approximate surface area is 147 Å². The maximum absolute atomic E-state index is 4.31. The van der Waals surface area contributed by atoms with Gasteiger partial charge in [0, 0.05) is 32.4 Å². The van der Waals surface area contributed by atoms with Gasteiger partial charge in [0.25, 0.3) is 0 Å². The highest BCUT2D eigenvalue weighted by Gasteiger charge is 2.13. The number of nitrogens with zero attached hydrogens (tertiary/aromatic N) is 2. The summed E-state index contributed by atoms with van der Waals surface area (Å²) in [5, 5.41) is 10.2. The number of pyridine rings is 1. The third-order valence-electron chi connectivity index (χ3n) is 3.80. The van der Waals surface area contributed by atoms with E-state index in [9.17, 15) is 0 Å². The number of hydrogen-bond donors (Lipinski definition) is 3. The van der Waals surface area contributed by atoms with E-state index in [0.29, 0.717) is 11.5 Å². The van der Waals surface area contributed by atoms with Crippen molar-refractivity contribution >= 4 is 11.8 Å². The van der Waals surface area contributed by atoms with E-state index in [4.69, 9.17) is 0 Å². The minimum atomic E-state index is 0.382. The van der Waals surface area contributed by atoms with Crippen LogP contribution in [-0.2, 0) is 0 Å². The second-order valence-electron chi connectivity index (χ2n) is 7.49. The number of unbranched alkanes of at least 4 members (excludes halogenated alkanes) is 1. The Hall–Kier alpha value is -1.78. The quantitative estimate of drug-likeness (QED) is 0.367. The number of aliphatic imine (C=N–C) groups is 1. The summed E-state index contributed by atoms with van der Waals surface area (Å²) in [4.78, 5) is 8.56. The van der Waals surface area contributed by atoms with Crippen molar-refractivity contribution in [1.29, 1.82) is 0 Å². The Balaban J connectivity index is 2.11. The number of hydrogen-bond acceptors (Lipinski definition) is 3. The van der Waals surface area contributed by atoms with Crippen molar-refractivity contribution in [2.75, 3.05) is 25.5 Å². The second kappa shape index (κ2) is 10.9. The van der Waals surface area contributed by atoms with Gasteiger partial charge in [-0.15, -0.1) is 0 Å². The standard InChI is InChI=1S/C19H35N5/c1-16(11-12-19(2,3)4)24-18(20-5)23-15-9-8-14-22-17-10-6-7-13-21-17/h6-7,10,13,16H,8-9,11-12,14-15H2,1-5H3,(H,21,22)(H2,20,23,24). The maximum Gasteiger partial charge on any atom is 0.191 e. The minimum Gasteiger partial charge on any atom is -0.370 e. The molecule has 136 valence electrons. The largest absolute Gasteiger partial charge is 0.370 e. The van der Waals surface area contributed by atoms with Crippen LogP contribution in [0.1, 0.15) is 53.4 Å². The predicted octanol–water partition coefficient (Wildman–Crippen LogP) is 3.65. The molecule has 0 aliphatic heterocycles. The first kappa shape index (κ1) is 20.3. The lowest BCUT2D eigenvalue weighted by Crippen LogP contribution is -2.42. The summed E-state index contributed by atoms with van der Waals surface area (Å²) >= 11 is 0. The molecule has 1 aromatic rings. The minimum absolute atomic E-state index is 0.382. The Morgan fingerprint density at radius 3 is 2.58 bits per heavy atom. The molecule has 1 atom stereocenters. The Bertz CT molecular complexity index is 464. The zero-order valence-electron chi connectivity index (χ0n) is 16.0. The van der Waals surface area contributed by atoms with Crippen LogP contribution in [0.3, 0.4) is 0 Å². The number of nitrogens with one attached hydrogen (secondary N) is 3. The molecule has 1 rings (SSSR count). The van der Waals surface area contributed by atoms with Crippen LogP contribution in [0, 0.1) is 5.41 Å². The lowest BCUT2D eigenvalue weighted by molar-refractivity contribution is 0.346. The molecule has 24 heavy (non-hydrogen) atoms. The zero-order chi connectivity index (χ0) is 17.8. The van der Waals surface area contributed by atoms with Crippen LogP contribution in [0.15, 0.2) is 29.4 Å². The molecular weight excluding hydrogens is 298 g/mol. The molecule has 0 bridgehead atoms. The molecule has 1 aromatic heterocycles. The number of rotatable bonds is 9. The molecule has 0 amide bonds. The average molecular weight is 334 g/mol. The van der Waals surface area contributed by atoms with Crippen LogP contribution in [0.25, 0.3) is 0 Å². The molecule has 5 heteroatoms. The Kier molecular flexibility index (Phi) is 9.20. The molecular formula is C19H35N5. The van der Waals surface area contributed by atoms with E-state index < -0.39 is 0 Å². The molecule has 0 aromatic carbocycles. The fourth-order valence-electron chi connectivity index (χ4n) is 2.29. The van der Waals surface area contributed by atoms with Crippen molar-refractivity contribution in [2.24, 2.45) is 10.4 Å². The van der Waals surface area contributed by atoms with E-state index in [-0.39, 0.29) is 0 Å². The maximum atomic E-state index is 4.31. The molecule has 0 spiro atoms. The predicted molar refractivity (Wildman–Crippen MR) is 105 cm³/mol. The van der Waals surface area contributed by atoms with Gasteiger partial charge in [-0.2, -0.15) is 0 Å². The van der Waals surface area contributed by atoms with Crippen LogP contribution in [0.4, 0.5) is 5.82 Å². The van der Waals surface area contributed by atoms with Crippen molar-refractivity contribution in [3.8, 4) is 0 Å². The third-order valence-corrected chi connectivity index (χ3v) is 3.80. The first-order chi connectivity index (χ1) is 11.4. The average Bonchev–Trinajstić information content (AvgIpc) is 2.55. The van der Waals surface area contributed by atoms with Crippen molar-refractivity contribution in [2.45, 2.75) is 59.4 Å². The molecule has 0 aliphatic carbocycles. The van der Waals surface area contributed by atoms with Gasteiger partial charge in [-0.25, -0.2) is 4.98 Å². The fourth-order valence-corrected chi connectivity index (χ4v) is 2.29. The molecule has 0 radical (unpaired) electrons. The summed E-state index contributed by atoms with van der Waals surface area (Å²) in [6.45, 7) is 10.9. The van der Waals surface area contributed by atoms with Crippen LogP contribution in [0.5, 0.6) is 0 Å². The highest BCUT2D eigenvalue weighted by molar-refractivity contribution is 5.79. The van der Waals surface area contributed by atoms with Gasteiger partial charge in [0.05, 0.1) is 0 Å². The lowest BCUT2D eigenvalue weighted by atomic mass is 9.89. The summed E-state index contributed by atoms with van der Waals surface area (Å²) in [6, 6.07) is 6.34. The summed E-state index contributed by atoms with van der Waals surface area (Å²) < 4.78 is 0. The van der Waals surface area contributed by atoms with Crippen LogP contribution < -0.4 is 16.0 Å². The lowest BCUT2D eigenvalue weighted by Gasteiger charge is -2.23. The van der Waals surface area contributed by atoms with Crippen LogP contribution in [0.2, 0.25) is 0 Å². The summed E-state index contributed by atoms with van der Waals surface area (Å²) in [5.74, 6) is 1.84. The van der Waals surface area contributed by atoms with Crippen molar-refractivity contribution in [3.05, 3.63) is 24.4 Å². The first-order valence-electron chi connectivity index (χ1n) is 9.03. The van der Waals surface area contributed by atoms with E-state index in [0.717, 1.165) is 44.1 Å². The molecule has 3 N–H and O–H groups in total. The number of aromatic nitrogens is 1. The van der Waals surface area contributed by atoms with Gasteiger partial charge >= 0.3 is 0 Å². The highest BCUT2D eigenvalue weighted by atomic mass is 15.2. The van der Waals surface area contributed by atoms with Crippen LogP contribution in [-0.4, -0.2) is 37.1 Å². The normalized spacial score (nSPS) is 13.5. The molecule has 1 unspecified atom stereocenters. The van der Waals surface area contributed by atoms with Crippen molar-refractivity contribution in [1.82, 2.24) is 15.6 Å². The topological polar surface area (TPSA) is 61.3 Å². The van der Waals surface area contributed by atoms with E-state index in [2.05, 4.69) is 53.6 Å². The smallest absolute Gasteiger partial charge is 0.191 e. The van der Waals surface area contributed by atoms with Gasteiger partial charge < -0.3 is 16.0 Å². The monoisotopic (exact) mass is 333 g/mol. The molecule has 1 heterocycles. The summed E-state index contributed by atoms with van der Waals surface area (Å²) in [5.41, 5.74) is 0.382. The van der Waals surface area contributed by atoms with Gasteiger partial charge in [-0.05, 0) is 50.2 Å². The fraction of sp³-hybridized carbons (Fsp3) is 0.684.